The number of phenols is 1. The van der Waals surface area contributed by atoms with Gasteiger partial charge in [-0.05, 0) is 42.7 Å². The maximum atomic E-state index is 9.71. The van der Waals surface area contributed by atoms with Crippen molar-refractivity contribution in [2.75, 3.05) is 19.7 Å². The Kier molecular flexibility index (Phi) is 4.77. The van der Waals surface area contributed by atoms with E-state index in [-0.39, 0.29) is 5.75 Å². The van der Waals surface area contributed by atoms with Crippen molar-refractivity contribution in [2.24, 2.45) is 0 Å². The number of ether oxygens (including phenoxy) is 1. The lowest BCUT2D eigenvalue weighted by atomic mass is 9.88. The van der Waals surface area contributed by atoms with Gasteiger partial charge in [0, 0.05) is 55.0 Å². The molecule has 3 heterocycles. The number of aromatic nitrogens is 2. The molecule has 0 amide bonds. The molecular weight excluding hydrogens is 350 g/mol. The van der Waals surface area contributed by atoms with Crippen molar-refractivity contribution in [3.05, 3.63) is 52.6 Å². The van der Waals surface area contributed by atoms with Crippen LogP contribution >= 0.6 is 0 Å². The van der Waals surface area contributed by atoms with Gasteiger partial charge in [0.25, 0.3) is 0 Å². The van der Waals surface area contributed by atoms with Crippen LogP contribution in [0.5, 0.6) is 11.5 Å². The summed E-state index contributed by atoms with van der Waals surface area (Å²) in [5, 5.41) is 9.71. The van der Waals surface area contributed by atoms with E-state index in [0.29, 0.717) is 12.5 Å². The highest BCUT2D eigenvalue weighted by Crippen LogP contribution is 2.32. The predicted octanol–water partition coefficient (Wildman–Crippen LogP) is 4.06. The topological polar surface area (TPSA) is 58.5 Å². The van der Waals surface area contributed by atoms with Gasteiger partial charge in [0.05, 0.1) is 0 Å². The minimum absolute atomic E-state index is 0.276. The molecule has 0 unspecified atom stereocenters. The van der Waals surface area contributed by atoms with Gasteiger partial charge in [0.1, 0.15) is 23.9 Å². The van der Waals surface area contributed by atoms with Crippen LogP contribution in [0, 0.1) is 0 Å². The maximum Gasteiger partial charge on any atom is 0.131 e. The highest BCUT2D eigenvalue weighted by atomic mass is 16.5. The molecule has 1 aliphatic carbocycles. The molecule has 3 aliphatic rings. The van der Waals surface area contributed by atoms with Gasteiger partial charge in [0.2, 0.25) is 0 Å². The molecule has 5 rings (SSSR count). The van der Waals surface area contributed by atoms with Crippen molar-refractivity contribution in [1.82, 2.24) is 14.9 Å². The molecule has 5 heteroatoms. The summed E-state index contributed by atoms with van der Waals surface area (Å²) in [6.07, 6.45) is 11.7. The smallest absolute Gasteiger partial charge is 0.131 e. The van der Waals surface area contributed by atoms with Crippen molar-refractivity contribution >= 4 is 6.08 Å². The predicted molar refractivity (Wildman–Crippen MR) is 108 cm³/mol. The second-order valence-corrected chi connectivity index (χ2v) is 8.31. The summed E-state index contributed by atoms with van der Waals surface area (Å²) in [5.41, 5.74) is 4.71. The monoisotopic (exact) mass is 377 g/mol. The number of hydrogen-bond acceptors (Lipinski definition) is 5. The Balaban J connectivity index is 1.27. The van der Waals surface area contributed by atoms with E-state index in [1.165, 1.54) is 48.9 Å². The summed E-state index contributed by atoms with van der Waals surface area (Å²) < 4.78 is 5.85. The molecule has 1 saturated carbocycles. The molecule has 0 bridgehead atoms. The van der Waals surface area contributed by atoms with Crippen LogP contribution in [-0.4, -0.2) is 39.7 Å². The van der Waals surface area contributed by atoms with Gasteiger partial charge in [-0.15, -0.1) is 0 Å². The number of fused-ring (bicyclic) bond motifs is 2. The number of aromatic hydroxyl groups is 1. The van der Waals surface area contributed by atoms with Crippen LogP contribution in [0.3, 0.4) is 0 Å². The fourth-order valence-corrected chi connectivity index (χ4v) is 4.67. The number of hydrogen-bond donors (Lipinski definition) is 1. The third-order valence-corrected chi connectivity index (χ3v) is 6.19. The largest absolute Gasteiger partial charge is 0.508 e. The Morgan fingerprint density at radius 1 is 1.18 bits per heavy atom. The molecule has 28 heavy (non-hydrogen) atoms. The highest BCUT2D eigenvalue weighted by Gasteiger charge is 2.23. The molecule has 2 aliphatic heterocycles. The van der Waals surface area contributed by atoms with Crippen molar-refractivity contribution < 1.29 is 9.84 Å². The van der Waals surface area contributed by atoms with E-state index in [0.717, 1.165) is 43.2 Å². The zero-order valence-electron chi connectivity index (χ0n) is 16.2. The summed E-state index contributed by atoms with van der Waals surface area (Å²) >= 11 is 0. The molecule has 2 aromatic rings. The van der Waals surface area contributed by atoms with Crippen molar-refractivity contribution in [3.63, 3.8) is 0 Å². The minimum Gasteiger partial charge on any atom is -0.508 e. The van der Waals surface area contributed by atoms with E-state index in [1.54, 1.807) is 12.1 Å². The Morgan fingerprint density at radius 3 is 2.96 bits per heavy atom. The number of benzene rings is 1. The van der Waals surface area contributed by atoms with Gasteiger partial charge in [-0.25, -0.2) is 9.97 Å². The first kappa shape index (κ1) is 17.7. The first-order valence-electron chi connectivity index (χ1n) is 10.5. The first-order chi connectivity index (χ1) is 13.7. The summed E-state index contributed by atoms with van der Waals surface area (Å²) in [6.45, 7) is 3.39. The van der Waals surface area contributed by atoms with Gasteiger partial charge in [-0.2, -0.15) is 0 Å². The molecule has 0 spiro atoms. The molecule has 0 saturated heterocycles. The molecule has 0 radical (unpaired) electrons. The third kappa shape index (κ3) is 3.63. The highest BCUT2D eigenvalue weighted by molar-refractivity contribution is 5.64. The maximum absolute atomic E-state index is 9.71. The van der Waals surface area contributed by atoms with Crippen LogP contribution < -0.4 is 4.74 Å². The second kappa shape index (κ2) is 7.55. The van der Waals surface area contributed by atoms with Crippen LogP contribution in [-0.2, 0) is 13.0 Å². The Morgan fingerprint density at radius 2 is 2.07 bits per heavy atom. The number of rotatable bonds is 3. The minimum atomic E-state index is 0.276. The van der Waals surface area contributed by atoms with Crippen LogP contribution in [0.25, 0.3) is 6.08 Å². The van der Waals surface area contributed by atoms with Crippen LogP contribution in [0.1, 0.15) is 60.7 Å². The standard InChI is InChI=1S/C23H27N3O2/c27-20-6-7-22-18(11-20)10-16(15-28-22)13-26-9-8-21-19(14-26)12-24-23(25-21)17-4-2-1-3-5-17/h6-7,10-12,17,27H,1-5,8-9,13-15H2. The lowest BCUT2D eigenvalue weighted by Gasteiger charge is -2.30. The van der Waals surface area contributed by atoms with E-state index in [4.69, 9.17) is 14.7 Å². The van der Waals surface area contributed by atoms with Gasteiger partial charge in [-0.1, -0.05) is 19.3 Å². The van der Waals surface area contributed by atoms with Crippen molar-refractivity contribution in [1.29, 1.82) is 0 Å². The Bertz CT molecular complexity index is 903. The van der Waals surface area contributed by atoms with Gasteiger partial charge >= 0.3 is 0 Å². The van der Waals surface area contributed by atoms with E-state index in [2.05, 4.69) is 17.2 Å². The molecule has 1 fully saturated rings. The van der Waals surface area contributed by atoms with E-state index in [9.17, 15) is 5.11 Å². The fraction of sp³-hybridized carbons (Fsp3) is 0.478. The lowest BCUT2D eigenvalue weighted by molar-refractivity contribution is 0.254. The zero-order valence-corrected chi connectivity index (χ0v) is 16.2. The molecular formula is C23H27N3O2. The van der Waals surface area contributed by atoms with E-state index in [1.807, 2.05) is 6.07 Å². The first-order valence-corrected chi connectivity index (χ1v) is 10.5. The summed E-state index contributed by atoms with van der Waals surface area (Å²) in [6, 6.07) is 5.26. The van der Waals surface area contributed by atoms with Crippen LogP contribution in [0.2, 0.25) is 0 Å². The van der Waals surface area contributed by atoms with Gasteiger partial charge in [-0.3, -0.25) is 4.90 Å². The zero-order chi connectivity index (χ0) is 18.9. The van der Waals surface area contributed by atoms with Crippen molar-refractivity contribution in [2.45, 2.75) is 51.0 Å². The summed E-state index contributed by atoms with van der Waals surface area (Å²) in [5.74, 6) is 2.76. The average Bonchev–Trinajstić information content (AvgIpc) is 2.74. The molecule has 1 N–H and O–H groups in total. The Labute approximate surface area is 166 Å². The Hall–Kier alpha value is -2.40. The lowest BCUT2D eigenvalue weighted by Crippen LogP contribution is -2.34. The molecule has 5 nitrogen and oxygen atoms in total. The summed E-state index contributed by atoms with van der Waals surface area (Å²) in [4.78, 5) is 12.1. The molecule has 1 aromatic heterocycles. The van der Waals surface area contributed by atoms with E-state index < -0.39 is 0 Å². The quantitative estimate of drug-likeness (QED) is 0.874. The fourth-order valence-electron chi connectivity index (χ4n) is 4.67. The normalized spacial score (nSPS) is 20.1. The average molecular weight is 377 g/mol. The SMILES string of the molecule is Oc1ccc2c(c1)C=C(CN1CCc3nc(C4CCCCC4)ncc3C1)CO2. The summed E-state index contributed by atoms with van der Waals surface area (Å²) in [7, 11) is 0. The van der Waals surface area contributed by atoms with Gasteiger partial charge in [0.15, 0.2) is 0 Å². The van der Waals surface area contributed by atoms with Crippen LogP contribution in [0.4, 0.5) is 0 Å². The molecule has 1 aromatic carbocycles. The van der Waals surface area contributed by atoms with Gasteiger partial charge < -0.3 is 9.84 Å². The number of nitrogens with zero attached hydrogens (tertiary/aromatic N) is 3. The molecule has 0 atom stereocenters. The second-order valence-electron chi connectivity index (χ2n) is 8.31. The third-order valence-electron chi connectivity index (χ3n) is 6.19. The van der Waals surface area contributed by atoms with Crippen molar-refractivity contribution in [3.8, 4) is 11.5 Å². The molecule has 146 valence electrons. The van der Waals surface area contributed by atoms with Crippen LogP contribution in [0.15, 0.2) is 30.0 Å². The number of phenolic OH excluding ortho intramolecular Hbond substituents is 1. The van der Waals surface area contributed by atoms with E-state index >= 15 is 0 Å².